The van der Waals surface area contributed by atoms with Crippen LogP contribution >= 0.6 is 0 Å². The summed E-state index contributed by atoms with van der Waals surface area (Å²) in [6, 6.07) is 0. The van der Waals surface area contributed by atoms with Crippen molar-refractivity contribution in [3.05, 3.63) is 0 Å². The average molecular weight is 224 g/mol. The first-order valence-corrected chi connectivity index (χ1v) is 6.97. The Morgan fingerprint density at radius 1 is 1.12 bits per heavy atom. The van der Waals surface area contributed by atoms with Crippen molar-refractivity contribution in [3.63, 3.8) is 0 Å². The number of rotatable bonds is 4. The molecule has 0 N–H and O–H groups in total. The molecule has 0 amide bonds. The van der Waals surface area contributed by atoms with Crippen LogP contribution in [0.3, 0.4) is 0 Å². The Bertz CT molecular complexity index is 228. The molecule has 0 atom stereocenters. The van der Waals surface area contributed by atoms with Crippen molar-refractivity contribution in [2.75, 3.05) is 0 Å². The van der Waals surface area contributed by atoms with Crippen LogP contribution in [0, 0.1) is 10.8 Å². The minimum atomic E-state index is -0.0135. The van der Waals surface area contributed by atoms with Crippen molar-refractivity contribution in [1.82, 2.24) is 0 Å². The molecule has 0 saturated heterocycles. The van der Waals surface area contributed by atoms with Crippen molar-refractivity contribution in [3.8, 4) is 0 Å². The number of hydrogen-bond acceptors (Lipinski definition) is 1. The van der Waals surface area contributed by atoms with Crippen molar-refractivity contribution in [1.29, 1.82) is 0 Å². The van der Waals surface area contributed by atoms with E-state index >= 15 is 0 Å². The van der Waals surface area contributed by atoms with Gasteiger partial charge >= 0.3 is 0 Å². The molecular formula is C15H28O. The number of hydrogen-bond donors (Lipinski definition) is 0. The van der Waals surface area contributed by atoms with E-state index in [2.05, 4.69) is 27.7 Å². The molecule has 0 aromatic heterocycles. The highest BCUT2D eigenvalue weighted by Crippen LogP contribution is 2.50. The summed E-state index contributed by atoms with van der Waals surface area (Å²) in [5.41, 5.74) is 0.124. The highest BCUT2D eigenvalue weighted by molar-refractivity contribution is 5.85. The minimum Gasteiger partial charge on any atom is -0.299 e. The lowest BCUT2D eigenvalue weighted by Crippen LogP contribution is -2.44. The van der Waals surface area contributed by atoms with Crippen LogP contribution in [-0.4, -0.2) is 5.78 Å². The number of ketones is 1. The van der Waals surface area contributed by atoms with Gasteiger partial charge in [-0.25, -0.2) is 0 Å². The molecule has 1 heteroatoms. The summed E-state index contributed by atoms with van der Waals surface area (Å²) in [7, 11) is 0. The second kappa shape index (κ2) is 5.33. The largest absolute Gasteiger partial charge is 0.299 e. The molecule has 16 heavy (non-hydrogen) atoms. The molecule has 0 aromatic carbocycles. The molecule has 1 aliphatic rings. The SMILES string of the molecule is CCCCC(=O)C1(C(C)(C)C)CCCCC1. The third-order valence-corrected chi connectivity index (χ3v) is 4.43. The van der Waals surface area contributed by atoms with Gasteiger partial charge in [-0.3, -0.25) is 4.79 Å². The van der Waals surface area contributed by atoms with E-state index in [-0.39, 0.29) is 10.8 Å². The predicted molar refractivity (Wildman–Crippen MR) is 69.5 cm³/mol. The molecule has 94 valence electrons. The maximum atomic E-state index is 12.5. The van der Waals surface area contributed by atoms with Gasteiger partial charge in [-0.1, -0.05) is 53.4 Å². The van der Waals surface area contributed by atoms with Crippen molar-refractivity contribution in [2.24, 2.45) is 10.8 Å². The molecule has 1 aliphatic carbocycles. The van der Waals surface area contributed by atoms with Crippen LogP contribution in [-0.2, 0) is 4.79 Å². The van der Waals surface area contributed by atoms with E-state index in [1.807, 2.05) is 0 Å². The van der Waals surface area contributed by atoms with Gasteiger partial charge in [0.05, 0.1) is 0 Å². The monoisotopic (exact) mass is 224 g/mol. The normalized spacial score (nSPS) is 20.8. The lowest BCUT2D eigenvalue weighted by Gasteiger charge is -2.46. The van der Waals surface area contributed by atoms with Crippen LogP contribution in [0.15, 0.2) is 0 Å². The van der Waals surface area contributed by atoms with Gasteiger partial charge in [0.15, 0.2) is 0 Å². The maximum Gasteiger partial charge on any atom is 0.139 e. The van der Waals surface area contributed by atoms with Gasteiger partial charge in [0.25, 0.3) is 0 Å². The molecule has 1 saturated carbocycles. The molecule has 0 aromatic rings. The lowest BCUT2D eigenvalue weighted by atomic mass is 9.56. The smallest absolute Gasteiger partial charge is 0.139 e. The van der Waals surface area contributed by atoms with Crippen molar-refractivity contribution >= 4 is 5.78 Å². The third kappa shape index (κ3) is 2.67. The zero-order valence-electron chi connectivity index (χ0n) is 11.6. The van der Waals surface area contributed by atoms with Crippen LogP contribution in [0.2, 0.25) is 0 Å². The Morgan fingerprint density at radius 3 is 2.12 bits per heavy atom. The zero-order valence-corrected chi connectivity index (χ0v) is 11.6. The van der Waals surface area contributed by atoms with Gasteiger partial charge < -0.3 is 0 Å². The van der Waals surface area contributed by atoms with E-state index < -0.39 is 0 Å². The predicted octanol–water partition coefficient (Wildman–Crippen LogP) is 4.74. The van der Waals surface area contributed by atoms with E-state index in [0.29, 0.717) is 5.78 Å². The molecule has 0 unspecified atom stereocenters. The molecule has 0 spiro atoms. The Kier molecular flexibility index (Phi) is 4.58. The zero-order chi connectivity index (χ0) is 12.2. The topological polar surface area (TPSA) is 17.1 Å². The number of Topliss-reactive ketones (excluding diaryl/α,β-unsaturated/α-hetero) is 1. The number of carbonyl (C=O) groups is 1. The molecule has 1 fully saturated rings. The van der Waals surface area contributed by atoms with Gasteiger partial charge in [-0.05, 0) is 24.7 Å². The van der Waals surface area contributed by atoms with Crippen LogP contribution in [0.1, 0.15) is 79.1 Å². The quantitative estimate of drug-likeness (QED) is 0.674. The van der Waals surface area contributed by atoms with Gasteiger partial charge in [0.2, 0.25) is 0 Å². The van der Waals surface area contributed by atoms with Crippen LogP contribution < -0.4 is 0 Å². The summed E-state index contributed by atoms with van der Waals surface area (Å²) in [6.45, 7) is 8.92. The lowest BCUT2D eigenvalue weighted by molar-refractivity contribution is -0.138. The standard InChI is InChI=1S/C15H28O/c1-5-6-10-13(16)15(14(2,3)4)11-8-7-9-12-15/h5-12H2,1-4H3. The second-order valence-electron chi connectivity index (χ2n) is 6.42. The van der Waals surface area contributed by atoms with Gasteiger partial charge in [-0.2, -0.15) is 0 Å². The number of unbranched alkanes of at least 4 members (excludes halogenated alkanes) is 1. The van der Waals surface area contributed by atoms with E-state index in [1.165, 1.54) is 19.3 Å². The van der Waals surface area contributed by atoms with E-state index in [9.17, 15) is 4.79 Å². The third-order valence-electron chi connectivity index (χ3n) is 4.43. The van der Waals surface area contributed by atoms with Crippen LogP contribution in [0.5, 0.6) is 0 Å². The first kappa shape index (κ1) is 13.7. The van der Waals surface area contributed by atoms with Crippen LogP contribution in [0.25, 0.3) is 0 Å². The second-order valence-corrected chi connectivity index (χ2v) is 6.42. The Hall–Kier alpha value is -0.330. The van der Waals surface area contributed by atoms with E-state index in [0.717, 1.165) is 32.1 Å². The summed E-state index contributed by atoms with van der Waals surface area (Å²) in [5.74, 6) is 0.543. The summed E-state index contributed by atoms with van der Waals surface area (Å²) < 4.78 is 0. The summed E-state index contributed by atoms with van der Waals surface area (Å²) in [6.07, 6.45) is 9.05. The first-order chi connectivity index (χ1) is 7.44. The van der Waals surface area contributed by atoms with E-state index in [1.54, 1.807) is 0 Å². The molecule has 0 heterocycles. The summed E-state index contributed by atoms with van der Waals surface area (Å²) in [4.78, 5) is 12.5. The summed E-state index contributed by atoms with van der Waals surface area (Å²) >= 11 is 0. The molecule has 0 radical (unpaired) electrons. The van der Waals surface area contributed by atoms with E-state index in [4.69, 9.17) is 0 Å². The highest BCUT2D eigenvalue weighted by Gasteiger charge is 2.47. The molecule has 0 bridgehead atoms. The van der Waals surface area contributed by atoms with Crippen molar-refractivity contribution < 1.29 is 4.79 Å². The van der Waals surface area contributed by atoms with Crippen LogP contribution in [0.4, 0.5) is 0 Å². The molecule has 1 rings (SSSR count). The van der Waals surface area contributed by atoms with Gasteiger partial charge in [0.1, 0.15) is 5.78 Å². The fraction of sp³-hybridized carbons (Fsp3) is 0.933. The Morgan fingerprint density at radius 2 is 1.69 bits per heavy atom. The van der Waals surface area contributed by atoms with Gasteiger partial charge in [0, 0.05) is 11.8 Å². The Balaban J connectivity index is 2.82. The fourth-order valence-corrected chi connectivity index (χ4v) is 3.18. The van der Waals surface area contributed by atoms with Gasteiger partial charge in [-0.15, -0.1) is 0 Å². The number of carbonyl (C=O) groups excluding carboxylic acids is 1. The Labute approximate surface area is 101 Å². The average Bonchev–Trinajstić information content (AvgIpc) is 2.25. The first-order valence-electron chi connectivity index (χ1n) is 6.97. The highest BCUT2D eigenvalue weighted by atomic mass is 16.1. The maximum absolute atomic E-state index is 12.5. The van der Waals surface area contributed by atoms with Crippen molar-refractivity contribution in [2.45, 2.75) is 79.1 Å². The minimum absolute atomic E-state index is 0.0135. The molecular weight excluding hydrogens is 196 g/mol. The fourth-order valence-electron chi connectivity index (χ4n) is 3.18. The molecule has 1 nitrogen and oxygen atoms in total. The molecule has 0 aliphatic heterocycles. The summed E-state index contributed by atoms with van der Waals surface area (Å²) in [5, 5.41) is 0.